The molecule has 0 amide bonds. The minimum absolute atomic E-state index is 0. The van der Waals surface area contributed by atoms with Gasteiger partial charge < -0.3 is 15.5 Å². The van der Waals surface area contributed by atoms with E-state index in [1.165, 1.54) is 16.7 Å². The van der Waals surface area contributed by atoms with Gasteiger partial charge in [0.15, 0.2) is 5.96 Å². The summed E-state index contributed by atoms with van der Waals surface area (Å²) in [5.41, 5.74) is 3.73. The molecular weight excluding hydrogens is 499 g/mol. The molecule has 2 N–H and O–H groups in total. The van der Waals surface area contributed by atoms with Crippen LogP contribution in [0.5, 0.6) is 0 Å². The Morgan fingerprint density at radius 1 is 1.00 bits per heavy atom. The van der Waals surface area contributed by atoms with Crippen LogP contribution in [0.3, 0.4) is 0 Å². The van der Waals surface area contributed by atoms with Crippen LogP contribution in [-0.4, -0.2) is 47.8 Å². The lowest BCUT2D eigenvalue weighted by molar-refractivity contribution is 0.298. The van der Waals surface area contributed by atoms with Gasteiger partial charge in [0.2, 0.25) is 0 Å². The van der Waals surface area contributed by atoms with E-state index in [-0.39, 0.29) is 30.0 Å². The summed E-state index contributed by atoms with van der Waals surface area (Å²) in [5.74, 6) is 0.828. The Morgan fingerprint density at radius 2 is 1.71 bits per heavy atom. The minimum atomic E-state index is 0. The summed E-state index contributed by atoms with van der Waals surface area (Å²) in [7, 11) is 4.21. The Balaban J connectivity index is 0.00000341. The van der Waals surface area contributed by atoms with E-state index in [0.717, 1.165) is 25.6 Å². The van der Waals surface area contributed by atoms with E-state index in [1.54, 1.807) is 0 Å². The molecule has 0 saturated carbocycles. The van der Waals surface area contributed by atoms with Gasteiger partial charge in [-0.15, -0.1) is 24.0 Å². The lowest BCUT2D eigenvalue weighted by atomic mass is 10.1. The predicted octanol–water partition coefficient (Wildman–Crippen LogP) is 3.91. The van der Waals surface area contributed by atoms with Gasteiger partial charge in [-0.2, -0.15) is 5.10 Å². The highest BCUT2D eigenvalue weighted by atomic mass is 127. The second kappa shape index (κ2) is 13.1. The van der Waals surface area contributed by atoms with Crippen LogP contribution in [0.15, 0.2) is 78.0 Å². The van der Waals surface area contributed by atoms with Crippen molar-refractivity contribution in [2.24, 2.45) is 4.99 Å². The first kappa shape index (κ1) is 24.9. The van der Waals surface area contributed by atoms with Gasteiger partial charge in [0, 0.05) is 25.5 Å². The van der Waals surface area contributed by atoms with E-state index in [1.807, 2.05) is 23.1 Å². The number of likely N-dealkylation sites (N-methyl/N-ethyl adjacent to an activating group) is 1. The van der Waals surface area contributed by atoms with Crippen molar-refractivity contribution in [2.75, 3.05) is 27.2 Å². The molecule has 6 nitrogen and oxygen atoms in total. The van der Waals surface area contributed by atoms with Crippen LogP contribution in [0, 0.1) is 0 Å². The summed E-state index contributed by atoms with van der Waals surface area (Å²) in [6.45, 7) is 5.05. The molecule has 0 aliphatic rings. The van der Waals surface area contributed by atoms with E-state index in [9.17, 15) is 0 Å². The number of guanidine groups is 1. The Labute approximate surface area is 202 Å². The molecule has 0 radical (unpaired) electrons. The molecule has 3 rings (SSSR count). The van der Waals surface area contributed by atoms with Gasteiger partial charge in [-0.3, -0.25) is 4.68 Å². The van der Waals surface area contributed by atoms with Gasteiger partial charge >= 0.3 is 0 Å². The molecule has 7 heteroatoms. The number of aliphatic imine (C=N–C) groups is 1. The van der Waals surface area contributed by atoms with Crippen molar-refractivity contribution < 1.29 is 0 Å². The van der Waals surface area contributed by atoms with Gasteiger partial charge in [0.05, 0.1) is 19.1 Å². The van der Waals surface area contributed by atoms with E-state index in [4.69, 9.17) is 4.99 Å². The first-order chi connectivity index (χ1) is 14.7. The lowest BCUT2D eigenvalue weighted by Crippen LogP contribution is -2.41. The molecule has 1 heterocycles. The molecule has 0 aliphatic heterocycles. The standard InChI is InChI=1S/C24H32N6.HI/c1-4-25-24(27-18-23(29(2)3)20-11-6-5-7-12-20)26-17-21-13-8-9-14-22(21)19-30-16-10-15-28-30;/h5-16,23H,4,17-19H2,1-3H3,(H2,25,26,27);1H. The highest BCUT2D eigenvalue weighted by Crippen LogP contribution is 2.17. The molecule has 1 aromatic heterocycles. The lowest BCUT2D eigenvalue weighted by Gasteiger charge is -2.26. The summed E-state index contributed by atoms with van der Waals surface area (Å²) in [6.07, 6.45) is 3.79. The number of halogens is 1. The van der Waals surface area contributed by atoms with Crippen molar-refractivity contribution in [3.8, 4) is 0 Å². The summed E-state index contributed by atoms with van der Waals surface area (Å²) in [5, 5.41) is 11.2. The van der Waals surface area contributed by atoms with Gasteiger partial charge in [-0.05, 0) is 43.8 Å². The van der Waals surface area contributed by atoms with Crippen LogP contribution in [0.4, 0.5) is 0 Å². The number of hydrogen-bond acceptors (Lipinski definition) is 3. The van der Waals surface area contributed by atoms with Crippen LogP contribution in [0.25, 0.3) is 0 Å². The smallest absolute Gasteiger partial charge is 0.191 e. The number of aromatic nitrogens is 2. The fourth-order valence-electron chi connectivity index (χ4n) is 3.41. The molecule has 0 bridgehead atoms. The highest BCUT2D eigenvalue weighted by Gasteiger charge is 2.14. The number of nitrogens with one attached hydrogen (secondary N) is 2. The molecular formula is C24H33IN6. The van der Waals surface area contributed by atoms with Crippen LogP contribution in [0.2, 0.25) is 0 Å². The maximum absolute atomic E-state index is 4.84. The van der Waals surface area contributed by atoms with Crippen molar-refractivity contribution in [1.82, 2.24) is 25.3 Å². The van der Waals surface area contributed by atoms with Crippen molar-refractivity contribution >= 4 is 29.9 Å². The zero-order valence-electron chi connectivity index (χ0n) is 18.5. The normalized spacial score (nSPS) is 12.3. The number of nitrogens with zero attached hydrogens (tertiary/aromatic N) is 4. The third-order valence-corrected chi connectivity index (χ3v) is 5.03. The van der Waals surface area contributed by atoms with Crippen LogP contribution < -0.4 is 10.6 Å². The summed E-state index contributed by atoms with van der Waals surface area (Å²) in [6, 6.07) is 21.2. The van der Waals surface area contributed by atoms with Gasteiger partial charge in [0.1, 0.15) is 0 Å². The fourth-order valence-corrected chi connectivity index (χ4v) is 3.41. The molecule has 166 valence electrons. The van der Waals surface area contributed by atoms with Crippen LogP contribution in [0.1, 0.15) is 29.7 Å². The average molecular weight is 532 g/mol. The van der Waals surface area contributed by atoms with Gasteiger partial charge in [0.25, 0.3) is 0 Å². The Morgan fingerprint density at radius 3 is 2.35 bits per heavy atom. The maximum Gasteiger partial charge on any atom is 0.191 e. The molecule has 1 atom stereocenters. The highest BCUT2D eigenvalue weighted by molar-refractivity contribution is 14.0. The van der Waals surface area contributed by atoms with E-state index in [0.29, 0.717) is 6.54 Å². The first-order valence-corrected chi connectivity index (χ1v) is 10.4. The first-order valence-electron chi connectivity index (χ1n) is 10.4. The van der Waals surface area contributed by atoms with Crippen molar-refractivity contribution in [1.29, 1.82) is 0 Å². The molecule has 0 saturated heterocycles. The van der Waals surface area contributed by atoms with Crippen LogP contribution in [-0.2, 0) is 13.1 Å². The van der Waals surface area contributed by atoms with Gasteiger partial charge in [-0.25, -0.2) is 4.99 Å². The van der Waals surface area contributed by atoms with Crippen LogP contribution >= 0.6 is 24.0 Å². The van der Waals surface area contributed by atoms with E-state index >= 15 is 0 Å². The van der Waals surface area contributed by atoms with E-state index in [2.05, 4.69) is 96.2 Å². The molecule has 0 spiro atoms. The molecule has 0 fully saturated rings. The van der Waals surface area contributed by atoms with Crippen molar-refractivity contribution in [3.05, 3.63) is 89.7 Å². The topological polar surface area (TPSA) is 57.5 Å². The summed E-state index contributed by atoms with van der Waals surface area (Å²) >= 11 is 0. The average Bonchev–Trinajstić information content (AvgIpc) is 3.26. The monoisotopic (exact) mass is 532 g/mol. The number of benzene rings is 2. The second-order valence-electron chi connectivity index (χ2n) is 7.44. The SMILES string of the molecule is CCNC(=NCc1ccccc1Cn1cccn1)NCC(c1ccccc1)N(C)C.I. The molecule has 1 unspecified atom stereocenters. The zero-order chi connectivity index (χ0) is 21.2. The number of rotatable bonds is 9. The Hall–Kier alpha value is -2.39. The van der Waals surface area contributed by atoms with E-state index < -0.39 is 0 Å². The number of hydrogen-bond donors (Lipinski definition) is 2. The summed E-state index contributed by atoms with van der Waals surface area (Å²) < 4.78 is 1.94. The van der Waals surface area contributed by atoms with Crippen molar-refractivity contribution in [2.45, 2.75) is 26.1 Å². The molecule has 31 heavy (non-hydrogen) atoms. The third-order valence-electron chi connectivity index (χ3n) is 5.03. The second-order valence-corrected chi connectivity index (χ2v) is 7.44. The van der Waals surface area contributed by atoms with Gasteiger partial charge in [-0.1, -0.05) is 54.6 Å². The maximum atomic E-state index is 4.84. The predicted molar refractivity (Wildman–Crippen MR) is 139 cm³/mol. The molecule has 2 aromatic carbocycles. The Bertz CT molecular complexity index is 909. The Kier molecular flexibility index (Phi) is 10.5. The minimum Gasteiger partial charge on any atom is -0.357 e. The quantitative estimate of drug-likeness (QED) is 0.249. The molecule has 3 aromatic rings. The zero-order valence-corrected chi connectivity index (χ0v) is 20.9. The van der Waals surface area contributed by atoms with Crippen molar-refractivity contribution in [3.63, 3.8) is 0 Å². The largest absolute Gasteiger partial charge is 0.357 e. The summed E-state index contributed by atoms with van der Waals surface area (Å²) in [4.78, 5) is 7.07. The molecule has 0 aliphatic carbocycles. The third kappa shape index (κ3) is 7.66. The fraction of sp³-hybridized carbons (Fsp3) is 0.333.